The predicted octanol–water partition coefficient (Wildman–Crippen LogP) is 4.52. The Hall–Kier alpha value is -1.22. The summed E-state index contributed by atoms with van der Waals surface area (Å²) in [5.74, 6) is 3.23. The molecular weight excluding hydrogens is 192 g/mol. The molecule has 1 rings (SSSR count). The molecule has 0 aliphatic carbocycles. The fraction of sp³-hybridized carbons (Fsp3) is 0.500. The van der Waals surface area contributed by atoms with Crippen molar-refractivity contribution in [2.75, 3.05) is 0 Å². The molecule has 86 valence electrons. The van der Waals surface area contributed by atoms with E-state index >= 15 is 0 Å². The van der Waals surface area contributed by atoms with E-state index in [1.165, 1.54) is 35.1 Å². The van der Waals surface area contributed by atoms with Crippen LogP contribution in [0.4, 0.5) is 0 Å². The third-order valence-corrected chi connectivity index (χ3v) is 3.52. The van der Waals surface area contributed by atoms with Gasteiger partial charge in [-0.3, -0.25) is 0 Å². The van der Waals surface area contributed by atoms with Gasteiger partial charge >= 0.3 is 0 Å². The third-order valence-electron chi connectivity index (χ3n) is 3.52. The van der Waals surface area contributed by atoms with Crippen LogP contribution in [0, 0.1) is 33.1 Å². The molecule has 1 atom stereocenters. The Morgan fingerprint density at radius 1 is 1.19 bits per heavy atom. The zero-order valence-corrected chi connectivity index (χ0v) is 10.9. The van der Waals surface area contributed by atoms with Crippen LogP contribution in [0.2, 0.25) is 0 Å². The number of rotatable bonds is 4. The molecule has 1 unspecified atom stereocenters. The second-order valence-corrected chi connectivity index (χ2v) is 4.58. The number of hydrogen-bond donors (Lipinski definition) is 0. The molecule has 0 radical (unpaired) electrons. The third kappa shape index (κ3) is 2.67. The van der Waals surface area contributed by atoms with Gasteiger partial charge in [-0.1, -0.05) is 37.8 Å². The van der Waals surface area contributed by atoms with Crippen LogP contribution in [0.5, 0.6) is 0 Å². The SMILES string of the molecule is C#CC(CCCC)c1ccc(C)c(C)c1C. The van der Waals surface area contributed by atoms with E-state index in [1.54, 1.807) is 0 Å². The zero-order chi connectivity index (χ0) is 12.1. The van der Waals surface area contributed by atoms with Crippen LogP contribution in [-0.4, -0.2) is 0 Å². The van der Waals surface area contributed by atoms with E-state index in [2.05, 4.69) is 45.7 Å². The van der Waals surface area contributed by atoms with Gasteiger partial charge in [-0.15, -0.1) is 6.42 Å². The van der Waals surface area contributed by atoms with E-state index in [-0.39, 0.29) is 0 Å². The summed E-state index contributed by atoms with van der Waals surface area (Å²) in [6.07, 6.45) is 9.18. The van der Waals surface area contributed by atoms with Crippen LogP contribution in [0.3, 0.4) is 0 Å². The van der Waals surface area contributed by atoms with Gasteiger partial charge in [-0.2, -0.15) is 0 Å². The second kappa shape index (κ2) is 5.75. The largest absolute Gasteiger partial charge is 0.119 e. The second-order valence-electron chi connectivity index (χ2n) is 4.58. The summed E-state index contributed by atoms with van der Waals surface area (Å²) in [6.45, 7) is 8.74. The van der Waals surface area contributed by atoms with E-state index < -0.39 is 0 Å². The molecule has 0 saturated carbocycles. The van der Waals surface area contributed by atoms with Crippen molar-refractivity contribution in [1.82, 2.24) is 0 Å². The van der Waals surface area contributed by atoms with Gasteiger partial charge in [-0.05, 0) is 49.4 Å². The first-order valence-corrected chi connectivity index (χ1v) is 6.14. The molecule has 0 amide bonds. The van der Waals surface area contributed by atoms with E-state index in [0.29, 0.717) is 5.92 Å². The molecule has 0 N–H and O–H groups in total. The Morgan fingerprint density at radius 2 is 1.88 bits per heavy atom. The molecule has 1 aromatic carbocycles. The molecule has 0 spiro atoms. The molecular formula is C16H22. The van der Waals surface area contributed by atoms with E-state index in [1.807, 2.05) is 0 Å². The monoisotopic (exact) mass is 214 g/mol. The molecule has 0 aliphatic heterocycles. The van der Waals surface area contributed by atoms with Crippen molar-refractivity contribution in [3.63, 3.8) is 0 Å². The predicted molar refractivity (Wildman–Crippen MR) is 71.8 cm³/mol. The van der Waals surface area contributed by atoms with Crippen LogP contribution in [0.25, 0.3) is 0 Å². The maximum atomic E-state index is 5.65. The van der Waals surface area contributed by atoms with Crippen LogP contribution in [0.15, 0.2) is 12.1 Å². The highest BCUT2D eigenvalue weighted by Gasteiger charge is 2.12. The van der Waals surface area contributed by atoms with Crippen molar-refractivity contribution in [1.29, 1.82) is 0 Å². The molecule has 1 aromatic rings. The van der Waals surface area contributed by atoms with Crippen molar-refractivity contribution in [2.24, 2.45) is 0 Å². The number of hydrogen-bond acceptors (Lipinski definition) is 0. The Balaban J connectivity index is 3.03. The number of aryl methyl sites for hydroxylation is 1. The number of terminal acetylenes is 1. The van der Waals surface area contributed by atoms with Gasteiger partial charge < -0.3 is 0 Å². The van der Waals surface area contributed by atoms with Crippen LogP contribution in [0.1, 0.15) is 54.4 Å². The Bertz CT molecular complexity index is 393. The molecule has 0 aliphatic rings. The molecule has 0 aromatic heterocycles. The lowest BCUT2D eigenvalue weighted by Crippen LogP contribution is -2.01. The average molecular weight is 214 g/mol. The summed E-state index contributed by atoms with van der Waals surface area (Å²) in [4.78, 5) is 0. The smallest absolute Gasteiger partial charge is 0.0452 e. The quantitative estimate of drug-likeness (QED) is 0.646. The molecule has 0 saturated heterocycles. The van der Waals surface area contributed by atoms with Gasteiger partial charge in [0.1, 0.15) is 0 Å². The Kier molecular flexibility index (Phi) is 4.62. The Morgan fingerprint density at radius 3 is 2.44 bits per heavy atom. The lowest BCUT2D eigenvalue weighted by atomic mass is 9.88. The molecule has 16 heavy (non-hydrogen) atoms. The first-order chi connectivity index (χ1) is 7.61. The van der Waals surface area contributed by atoms with Gasteiger partial charge in [0.25, 0.3) is 0 Å². The first kappa shape index (κ1) is 12.8. The van der Waals surface area contributed by atoms with E-state index in [9.17, 15) is 0 Å². The van der Waals surface area contributed by atoms with Gasteiger partial charge in [0.15, 0.2) is 0 Å². The van der Waals surface area contributed by atoms with Crippen molar-refractivity contribution in [3.05, 3.63) is 34.4 Å². The van der Waals surface area contributed by atoms with Crippen LogP contribution in [-0.2, 0) is 0 Å². The molecule has 0 fully saturated rings. The molecule has 0 heterocycles. The minimum absolute atomic E-state index is 0.291. The maximum Gasteiger partial charge on any atom is 0.0452 e. The maximum absolute atomic E-state index is 5.65. The lowest BCUT2D eigenvalue weighted by molar-refractivity contribution is 0.673. The topological polar surface area (TPSA) is 0 Å². The minimum Gasteiger partial charge on any atom is -0.119 e. The van der Waals surface area contributed by atoms with Gasteiger partial charge in [-0.25, -0.2) is 0 Å². The Labute approximate surface area is 100 Å². The highest BCUT2D eigenvalue weighted by molar-refractivity contribution is 5.42. The first-order valence-electron chi connectivity index (χ1n) is 6.14. The van der Waals surface area contributed by atoms with E-state index in [4.69, 9.17) is 6.42 Å². The number of benzene rings is 1. The van der Waals surface area contributed by atoms with Gasteiger partial charge in [0.05, 0.1) is 0 Å². The highest BCUT2D eigenvalue weighted by Crippen LogP contribution is 2.27. The standard InChI is InChI=1S/C16H22/c1-6-8-9-15(7-2)16-11-10-12(3)13(4)14(16)5/h2,10-11,15H,6,8-9H2,1,3-5H3. The molecule has 0 heteroatoms. The summed E-state index contributed by atoms with van der Waals surface area (Å²) in [6, 6.07) is 4.39. The summed E-state index contributed by atoms with van der Waals surface area (Å²) in [5.41, 5.74) is 5.46. The normalized spacial score (nSPS) is 12.2. The fourth-order valence-corrected chi connectivity index (χ4v) is 2.09. The fourth-order valence-electron chi connectivity index (χ4n) is 2.09. The number of unbranched alkanes of at least 4 members (excludes halogenated alkanes) is 1. The summed E-state index contributed by atoms with van der Waals surface area (Å²) < 4.78 is 0. The minimum atomic E-state index is 0.291. The average Bonchev–Trinajstić information content (AvgIpc) is 2.29. The summed E-state index contributed by atoms with van der Waals surface area (Å²) in [5, 5.41) is 0. The van der Waals surface area contributed by atoms with Crippen molar-refractivity contribution >= 4 is 0 Å². The van der Waals surface area contributed by atoms with Gasteiger partial charge in [0, 0.05) is 5.92 Å². The summed E-state index contributed by atoms with van der Waals surface area (Å²) >= 11 is 0. The van der Waals surface area contributed by atoms with Gasteiger partial charge in [0.2, 0.25) is 0 Å². The van der Waals surface area contributed by atoms with Crippen molar-refractivity contribution < 1.29 is 0 Å². The van der Waals surface area contributed by atoms with E-state index in [0.717, 1.165) is 6.42 Å². The van der Waals surface area contributed by atoms with Crippen molar-refractivity contribution in [3.8, 4) is 12.3 Å². The van der Waals surface area contributed by atoms with Crippen LogP contribution >= 0.6 is 0 Å². The van der Waals surface area contributed by atoms with Crippen LogP contribution < -0.4 is 0 Å². The molecule has 0 bridgehead atoms. The zero-order valence-electron chi connectivity index (χ0n) is 10.9. The van der Waals surface area contributed by atoms with Crippen molar-refractivity contribution in [2.45, 2.75) is 52.9 Å². The lowest BCUT2D eigenvalue weighted by Gasteiger charge is -2.16. The summed E-state index contributed by atoms with van der Waals surface area (Å²) in [7, 11) is 0. The molecule has 0 nitrogen and oxygen atoms in total. The highest BCUT2D eigenvalue weighted by atomic mass is 14.2.